The Hall–Kier alpha value is -1.92. The first-order valence-corrected chi connectivity index (χ1v) is 6.75. The highest BCUT2D eigenvalue weighted by Gasteiger charge is 2.55. The van der Waals surface area contributed by atoms with Crippen molar-refractivity contribution < 1.29 is 19.1 Å². The Morgan fingerprint density at radius 3 is 2.29 bits per heavy atom. The number of aryl methyl sites for hydroxylation is 1. The third kappa shape index (κ3) is 2.77. The molecule has 6 nitrogen and oxygen atoms in total. The Labute approximate surface area is 124 Å². The lowest BCUT2D eigenvalue weighted by molar-refractivity contribution is -0.168. The first kappa shape index (κ1) is 15.5. The number of methoxy groups -OCH3 is 2. The maximum atomic E-state index is 12.5. The fourth-order valence-corrected chi connectivity index (χ4v) is 2.65. The van der Waals surface area contributed by atoms with Gasteiger partial charge in [-0.05, 0) is 18.4 Å². The number of likely N-dealkylation sites (N-methyl/N-ethyl adjacent to an activating group) is 1. The van der Waals surface area contributed by atoms with Crippen molar-refractivity contribution in [3.63, 3.8) is 0 Å². The lowest BCUT2D eigenvalue weighted by atomic mass is 9.90. The summed E-state index contributed by atoms with van der Waals surface area (Å²) in [6.07, 6.45) is 0.199. The van der Waals surface area contributed by atoms with E-state index in [0.29, 0.717) is 12.8 Å². The largest absolute Gasteiger partial charge is 0.353 e. The number of urea groups is 1. The minimum atomic E-state index is -1.19. The van der Waals surface area contributed by atoms with Gasteiger partial charge in [-0.3, -0.25) is 9.69 Å². The molecule has 0 aromatic heterocycles. The molecule has 1 aromatic carbocycles. The summed E-state index contributed by atoms with van der Waals surface area (Å²) in [6.45, 7) is 0. The van der Waals surface area contributed by atoms with Crippen molar-refractivity contribution in [1.29, 1.82) is 0 Å². The summed E-state index contributed by atoms with van der Waals surface area (Å²) in [5.74, 6) is -0.336. The zero-order chi connectivity index (χ0) is 15.5. The van der Waals surface area contributed by atoms with Gasteiger partial charge in [-0.15, -0.1) is 0 Å². The summed E-state index contributed by atoms with van der Waals surface area (Å²) in [5, 5.41) is 2.73. The molecule has 6 heteroatoms. The van der Waals surface area contributed by atoms with Crippen molar-refractivity contribution in [3.8, 4) is 0 Å². The van der Waals surface area contributed by atoms with Crippen LogP contribution in [0.25, 0.3) is 0 Å². The van der Waals surface area contributed by atoms with Crippen LogP contribution in [0.1, 0.15) is 12.0 Å². The van der Waals surface area contributed by atoms with E-state index in [4.69, 9.17) is 9.47 Å². The number of nitrogens with zero attached hydrogens (tertiary/aromatic N) is 1. The van der Waals surface area contributed by atoms with Crippen LogP contribution in [-0.2, 0) is 20.7 Å². The van der Waals surface area contributed by atoms with Crippen molar-refractivity contribution in [1.82, 2.24) is 10.2 Å². The molecule has 1 aromatic rings. The molecule has 114 valence electrons. The van der Waals surface area contributed by atoms with Gasteiger partial charge in [0.2, 0.25) is 0 Å². The van der Waals surface area contributed by atoms with Gasteiger partial charge < -0.3 is 14.8 Å². The molecule has 21 heavy (non-hydrogen) atoms. The Morgan fingerprint density at radius 1 is 1.19 bits per heavy atom. The molecular weight excluding hydrogens is 272 g/mol. The van der Waals surface area contributed by atoms with Crippen LogP contribution in [0, 0.1) is 0 Å². The maximum Gasteiger partial charge on any atom is 0.324 e. The first-order valence-electron chi connectivity index (χ1n) is 6.75. The van der Waals surface area contributed by atoms with E-state index < -0.39 is 17.9 Å². The zero-order valence-corrected chi connectivity index (χ0v) is 12.5. The van der Waals surface area contributed by atoms with Crippen LogP contribution >= 0.6 is 0 Å². The molecule has 0 aliphatic carbocycles. The molecule has 1 aliphatic rings. The van der Waals surface area contributed by atoms with Crippen molar-refractivity contribution in [2.75, 3.05) is 21.3 Å². The van der Waals surface area contributed by atoms with Crippen molar-refractivity contribution in [3.05, 3.63) is 35.9 Å². The van der Waals surface area contributed by atoms with Crippen molar-refractivity contribution >= 4 is 11.9 Å². The number of nitrogens with one attached hydrogen (secondary N) is 1. The van der Waals surface area contributed by atoms with Gasteiger partial charge in [-0.1, -0.05) is 30.3 Å². The fraction of sp³-hybridized carbons (Fsp3) is 0.467. The average Bonchev–Trinajstić information content (AvgIpc) is 2.73. The second kappa shape index (κ2) is 6.24. The summed E-state index contributed by atoms with van der Waals surface area (Å²) in [5.41, 5.74) is -0.107. The molecule has 1 heterocycles. The quantitative estimate of drug-likeness (QED) is 0.631. The summed E-state index contributed by atoms with van der Waals surface area (Å²) in [7, 11) is 4.36. The normalized spacial score (nSPS) is 22.0. The van der Waals surface area contributed by atoms with Crippen LogP contribution in [0.15, 0.2) is 30.3 Å². The van der Waals surface area contributed by atoms with Crippen LogP contribution in [-0.4, -0.2) is 49.9 Å². The molecule has 0 unspecified atom stereocenters. The Balaban J connectivity index is 2.25. The van der Waals surface area contributed by atoms with Gasteiger partial charge in [0.25, 0.3) is 5.91 Å². The summed E-state index contributed by atoms with van der Waals surface area (Å²) in [6, 6.07) is 9.33. The van der Waals surface area contributed by atoms with Crippen molar-refractivity contribution in [2.45, 2.75) is 24.7 Å². The predicted molar refractivity (Wildman–Crippen MR) is 76.6 cm³/mol. The van der Waals surface area contributed by atoms with Gasteiger partial charge in [0.1, 0.15) is 0 Å². The number of benzene rings is 1. The molecule has 0 radical (unpaired) electrons. The molecule has 2 rings (SSSR count). The first-order chi connectivity index (χ1) is 10.0. The lowest BCUT2D eigenvalue weighted by Crippen LogP contribution is -2.58. The smallest absolute Gasteiger partial charge is 0.324 e. The monoisotopic (exact) mass is 292 g/mol. The van der Waals surface area contributed by atoms with Crippen LogP contribution in [0.4, 0.5) is 4.79 Å². The summed E-state index contributed by atoms with van der Waals surface area (Å²) >= 11 is 0. The molecule has 1 aliphatic heterocycles. The number of ether oxygens (including phenoxy) is 2. The molecular formula is C15H20N2O4. The number of hydrogen-bond acceptors (Lipinski definition) is 4. The number of hydrogen-bond donors (Lipinski definition) is 1. The van der Waals surface area contributed by atoms with Gasteiger partial charge in [0.05, 0.1) is 0 Å². The maximum absolute atomic E-state index is 12.5. The third-order valence-electron chi connectivity index (χ3n) is 3.80. The van der Waals surface area contributed by atoms with Crippen LogP contribution in [0.3, 0.4) is 0 Å². The molecule has 0 saturated carbocycles. The van der Waals surface area contributed by atoms with Gasteiger partial charge in [0.15, 0.2) is 11.8 Å². The third-order valence-corrected chi connectivity index (χ3v) is 3.80. The van der Waals surface area contributed by atoms with E-state index in [1.165, 1.54) is 21.3 Å². The highest BCUT2D eigenvalue weighted by atomic mass is 16.7. The van der Waals surface area contributed by atoms with E-state index in [1.807, 2.05) is 30.3 Å². The van der Waals surface area contributed by atoms with Gasteiger partial charge in [-0.25, -0.2) is 4.79 Å². The average molecular weight is 292 g/mol. The van der Waals surface area contributed by atoms with Crippen molar-refractivity contribution in [2.24, 2.45) is 0 Å². The van der Waals surface area contributed by atoms with Gasteiger partial charge in [0, 0.05) is 21.3 Å². The van der Waals surface area contributed by atoms with Crippen LogP contribution < -0.4 is 5.32 Å². The minimum Gasteiger partial charge on any atom is -0.353 e. The zero-order valence-electron chi connectivity index (χ0n) is 12.5. The Bertz CT molecular complexity index is 516. The van der Waals surface area contributed by atoms with E-state index in [-0.39, 0.29) is 5.91 Å². The topological polar surface area (TPSA) is 67.9 Å². The van der Waals surface area contributed by atoms with Gasteiger partial charge in [-0.2, -0.15) is 0 Å². The number of imide groups is 1. The number of rotatable bonds is 6. The summed E-state index contributed by atoms with van der Waals surface area (Å²) in [4.78, 5) is 25.4. The molecule has 0 spiro atoms. The molecule has 1 N–H and O–H groups in total. The number of carbonyl (C=O) groups is 2. The van der Waals surface area contributed by atoms with E-state index >= 15 is 0 Å². The van der Waals surface area contributed by atoms with E-state index in [2.05, 4.69) is 5.32 Å². The predicted octanol–water partition coefficient (Wildman–Crippen LogP) is 1.16. The SMILES string of the molecule is COC(OC)[C@]1(CCc2ccccc2)NC(=O)N(C)C1=O. The van der Waals surface area contributed by atoms with E-state index in [1.54, 1.807) is 0 Å². The number of carbonyl (C=O) groups excluding carboxylic acids is 2. The Kier molecular flexibility index (Phi) is 4.59. The number of amides is 3. The van der Waals surface area contributed by atoms with E-state index in [9.17, 15) is 9.59 Å². The summed E-state index contributed by atoms with van der Waals surface area (Å²) < 4.78 is 10.5. The molecule has 1 atom stereocenters. The minimum absolute atomic E-state index is 0.336. The van der Waals surface area contributed by atoms with Crippen LogP contribution in [0.2, 0.25) is 0 Å². The van der Waals surface area contributed by atoms with Gasteiger partial charge >= 0.3 is 6.03 Å². The molecule has 3 amide bonds. The van der Waals surface area contributed by atoms with Crippen LogP contribution in [0.5, 0.6) is 0 Å². The standard InChI is InChI=1S/C15H20N2O4/c1-17-12(18)15(16-14(17)19,13(20-2)21-3)10-9-11-7-5-4-6-8-11/h4-8,13H,9-10H2,1-3H3,(H,16,19)/t15-/m1/s1. The molecule has 1 saturated heterocycles. The Morgan fingerprint density at radius 2 is 1.81 bits per heavy atom. The van der Waals surface area contributed by atoms with E-state index in [0.717, 1.165) is 10.5 Å². The second-order valence-electron chi connectivity index (χ2n) is 5.05. The highest BCUT2D eigenvalue weighted by molar-refractivity contribution is 6.07. The lowest BCUT2D eigenvalue weighted by Gasteiger charge is -2.32. The molecule has 1 fully saturated rings. The fourth-order valence-electron chi connectivity index (χ4n) is 2.65. The highest BCUT2D eigenvalue weighted by Crippen LogP contribution is 2.28. The second-order valence-corrected chi connectivity index (χ2v) is 5.05. The molecule has 0 bridgehead atoms.